The Labute approximate surface area is 173 Å². The maximum Gasteiger partial charge on any atom is 0.292 e. The lowest BCUT2D eigenvalue weighted by Gasteiger charge is -2.33. The summed E-state index contributed by atoms with van der Waals surface area (Å²) in [5.74, 6) is -1.40. The standard InChI is InChI=1S/C21H30N2O5S/c1-3-16(4-2)15-23-19-9-8-17(29(25,26)22-10-5-6-11-22)14-18(19)21(20(23)24)27-12-7-13-28-21/h8-9,14,16H,3-7,10-13,15H2,1-2H3. The number of anilines is 1. The van der Waals surface area contributed by atoms with E-state index < -0.39 is 15.8 Å². The predicted molar refractivity (Wildman–Crippen MR) is 109 cm³/mol. The number of ether oxygens (including phenoxy) is 2. The molecule has 0 saturated carbocycles. The van der Waals surface area contributed by atoms with Gasteiger partial charge in [-0.1, -0.05) is 26.7 Å². The van der Waals surface area contributed by atoms with Gasteiger partial charge in [0.25, 0.3) is 11.7 Å². The van der Waals surface area contributed by atoms with Crippen LogP contribution in [0.15, 0.2) is 23.1 Å². The van der Waals surface area contributed by atoms with Gasteiger partial charge in [0, 0.05) is 25.2 Å². The largest absolute Gasteiger partial charge is 0.338 e. The topological polar surface area (TPSA) is 76.1 Å². The van der Waals surface area contributed by atoms with Crippen molar-refractivity contribution in [3.05, 3.63) is 23.8 Å². The van der Waals surface area contributed by atoms with E-state index >= 15 is 0 Å². The maximum atomic E-state index is 13.4. The highest BCUT2D eigenvalue weighted by Crippen LogP contribution is 2.46. The van der Waals surface area contributed by atoms with Crippen LogP contribution in [0.2, 0.25) is 0 Å². The SMILES string of the molecule is CCC(CC)CN1C(=O)C2(OCCCO2)c2cc(S(=O)(=O)N3CCCC3)ccc21. The van der Waals surface area contributed by atoms with E-state index in [0.717, 1.165) is 25.7 Å². The molecular weight excluding hydrogens is 392 g/mol. The van der Waals surface area contributed by atoms with Crippen molar-refractivity contribution in [1.82, 2.24) is 4.31 Å². The Morgan fingerprint density at radius 1 is 1.07 bits per heavy atom. The molecule has 4 rings (SSSR count). The summed E-state index contributed by atoms with van der Waals surface area (Å²) in [7, 11) is -3.59. The first kappa shape index (κ1) is 20.8. The van der Waals surface area contributed by atoms with Gasteiger partial charge in [0.15, 0.2) is 0 Å². The third-order valence-electron chi connectivity index (χ3n) is 6.34. The van der Waals surface area contributed by atoms with Crippen molar-refractivity contribution in [3.63, 3.8) is 0 Å². The van der Waals surface area contributed by atoms with Crippen molar-refractivity contribution in [2.75, 3.05) is 37.7 Å². The molecule has 1 spiro atoms. The first-order chi connectivity index (χ1) is 13.9. The molecule has 7 nitrogen and oxygen atoms in total. The molecule has 0 aromatic heterocycles. The van der Waals surface area contributed by atoms with Crippen LogP contribution >= 0.6 is 0 Å². The summed E-state index contributed by atoms with van der Waals surface area (Å²) in [5, 5.41) is 0. The number of sulfonamides is 1. The minimum atomic E-state index is -3.59. The highest BCUT2D eigenvalue weighted by atomic mass is 32.2. The van der Waals surface area contributed by atoms with E-state index in [-0.39, 0.29) is 10.8 Å². The van der Waals surface area contributed by atoms with E-state index in [0.29, 0.717) is 56.4 Å². The second-order valence-corrected chi connectivity index (χ2v) is 9.99. The van der Waals surface area contributed by atoms with Crippen molar-refractivity contribution in [3.8, 4) is 0 Å². The molecule has 29 heavy (non-hydrogen) atoms. The molecule has 0 radical (unpaired) electrons. The fourth-order valence-electron chi connectivity index (χ4n) is 4.45. The van der Waals surface area contributed by atoms with Gasteiger partial charge in [-0.2, -0.15) is 4.31 Å². The Balaban J connectivity index is 1.77. The Morgan fingerprint density at radius 3 is 2.34 bits per heavy atom. The summed E-state index contributed by atoms with van der Waals surface area (Å²) in [6.45, 7) is 6.70. The van der Waals surface area contributed by atoms with Crippen LogP contribution in [-0.2, 0) is 30.1 Å². The summed E-state index contributed by atoms with van der Waals surface area (Å²) in [5.41, 5.74) is 1.22. The van der Waals surface area contributed by atoms with Crippen molar-refractivity contribution in [2.45, 2.75) is 56.6 Å². The summed E-state index contributed by atoms with van der Waals surface area (Å²) in [6.07, 6.45) is 4.39. The summed E-state index contributed by atoms with van der Waals surface area (Å²) in [6, 6.07) is 4.95. The zero-order valence-corrected chi connectivity index (χ0v) is 18.0. The third kappa shape index (κ3) is 3.40. The molecular formula is C21H30N2O5S. The lowest BCUT2D eigenvalue weighted by molar-refractivity contribution is -0.256. The minimum absolute atomic E-state index is 0.201. The molecule has 3 aliphatic rings. The first-order valence-corrected chi connectivity index (χ1v) is 12.1. The smallest absolute Gasteiger partial charge is 0.292 e. The minimum Gasteiger partial charge on any atom is -0.338 e. The number of rotatable bonds is 6. The number of fused-ring (bicyclic) bond motifs is 2. The Hall–Kier alpha value is -1.48. The Kier molecular flexibility index (Phi) is 5.72. The second-order valence-electron chi connectivity index (χ2n) is 8.06. The van der Waals surface area contributed by atoms with Gasteiger partial charge in [-0.05, 0) is 43.4 Å². The lowest BCUT2D eigenvalue weighted by Crippen LogP contribution is -2.48. The third-order valence-corrected chi connectivity index (χ3v) is 8.23. The van der Waals surface area contributed by atoms with E-state index in [1.165, 1.54) is 4.31 Å². The lowest BCUT2D eigenvalue weighted by atomic mass is 10.0. The quantitative estimate of drug-likeness (QED) is 0.705. The highest BCUT2D eigenvalue weighted by molar-refractivity contribution is 7.89. The molecule has 0 bridgehead atoms. The van der Waals surface area contributed by atoms with Gasteiger partial charge >= 0.3 is 0 Å². The number of carbonyl (C=O) groups excluding carboxylic acids is 1. The van der Waals surface area contributed by atoms with Crippen LogP contribution in [0, 0.1) is 5.92 Å². The number of carbonyl (C=O) groups is 1. The number of nitrogens with zero attached hydrogens (tertiary/aromatic N) is 2. The van der Waals surface area contributed by atoms with Gasteiger partial charge in [0.2, 0.25) is 10.0 Å². The predicted octanol–water partition coefficient (Wildman–Crippen LogP) is 2.84. The van der Waals surface area contributed by atoms with Crippen molar-refractivity contribution < 1.29 is 22.7 Å². The zero-order valence-electron chi connectivity index (χ0n) is 17.2. The number of hydrogen-bond donors (Lipinski definition) is 0. The van der Waals surface area contributed by atoms with Gasteiger partial charge < -0.3 is 14.4 Å². The molecule has 0 atom stereocenters. The molecule has 3 heterocycles. The van der Waals surface area contributed by atoms with E-state index in [4.69, 9.17) is 9.47 Å². The molecule has 0 unspecified atom stereocenters. The molecule has 160 valence electrons. The van der Waals surface area contributed by atoms with Crippen molar-refractivity contribution >= 4 is 21.6 Å². The number of benzene rings is 1. The van der Waals surface area contributed by atoms with Crippen LogP contribution in [0.25, 0.3) is 0 Å². The Bertz CT molecular complexity index is 869. The molecule has 2 saturated heterocycles. The molecule has 3 aliphatic heterocycles. The van der Waals surface area contributed by atoms with Gasteiger partial charge in [-0.3, -0.25) is 4.79 Å². The van der Waals surface area contributed by atoms with Crippen LogP contribution < -0.4 is 4.90 Å². The maximum absolute atomic E-state index is 13.4. The summed E-state index contributed by atoms with van der Waals surface area (Å²) >= 11 is 0. The summed E-state index contributed by atoms with van der Waals surface area (Å²) in [4.78, 5) is 15.4. The van der Waals surface area contributed by atoms with Crippen LogP contribution in [0.3, 0.4) is 0 Å². The molecule has 1 aromatic carbocycles. The van der Waals surface area contributed by atoms with E-state index in [1.807, 2.05) is 0 Å². The zero-order chi connectivity index (χ0) is 20.6. The van der Waals surface area contributed by atoms with Gasteiger partial charge in [0.1, 0.15) is 0 Å². The first-order valence-electron chi connectivity index (χ1n) is 10.7. The van der Waals surface area contributed by atoms with E-state index in [2.05, 4.69) is 13.8 Å². The van der Waals surface area contributed by atoms with Crippen LogP contribution in [0.5, 0.6) is 0 Å². The average molecular weight is 423 g/mol. The fraction of sp³-hybridized carbons (Fsp3) is 0.667. The molecule has 8 heteroatoms. The van der Waals surface area contributed by atoms with E-state index in [9.17, 15) is 13.2 Å². The number of amides is 1. The molecule has 0 N–H and O–H groups in total. The van der Waals surface area contributed by atoms with Gasteiger partial charge in [0.05, 0.1) is 23.8 Å². The van der Waals surface area contributed by atoms with Crippen molar-refractivity contribution in [2.24, 2.45) is 5.92 Å². The van der Waals surface area contributed by atoms with Gasteiger partial charge in [-0.15, -0.1) is 0 Å². The van der Waals surface area contributed by atoms with Gasteiger partial charge in [-0.25, -0.2) is 8.42 Å². The van der Waals surface area contributed by atoms with Crippen molar-refractivity contribution in [1.29, 1.82) is 0 Å². The molecule has 0 aliphatic carbocycles. The van der Waals surface area contributed by atoms with Crippen LogP contribution in [0.1, 0.15) is 51.5 Å². The normalized spacial score (nSPS) is 22.0. The Morgan fingerprint density at radius 2 is 1.72 bits per heavy atom. The fourth-order valence-corrected chi connectivity index (χ4v) is 6.00. The number of hydrogen-bond acceptors (Lipinski definition) is 5. The monoisotopic (exact) mass is 422 g/mol. The average Bonchev–Trinajstić information content (AvgIpc) is 3.36. The molecule has 1 amide bonds. The molecule has 2 fully saturated rings. The molecule has 1 aromatic rings. The van der Waals surface area contributed by atoms with Crippen LogP contribution in [-0.4, -0.2) is 51.5 Å². The van der Waals surface area contributed by atoms with Crippen LogP contribution in [0.4, 0.5) is 5.69 Å². The summed E-state index contributed by atoms with van der Waals surface area (Å²) < 4.78 is 39.5. The second kappa shape index (κ2) is 7.98. The van der Waals surface area contributed by atoms with E-state index in [1.54, 1.807) is 23.1 Å². The highest BCUT2D eigenvalue weighted by Gasteiger charge is 2.55.